The number of aromatic hydroxyl groups is 1. The molecule has 12 heteroatoms. The predicted octanol–water partition coefficient (Wildman–Crippen LogP) is 6.56. The van der Waals surface area contributed by atoms with Crippen molar-refractivity contribution < 1.29 is 33.0 Å². The summed E-state index contributed by atoms with van der Waals surface area (Å²) >= 11 is 0. The Kier molecular flexibility index (Phi) is 9.57. The fourth-order valence-corrected chi connectivity index (χ4v) is 10.7. The van der Waals surface area contributed by atoms with Gasteiger partial charge in [0.05, 0.1) is 6.61 Å². The Bertz CT molecular complexity index is 2300. The topological polar surface area (TPSA) is 106 Å². The maximum Gasteiger partial charge on any atom is 0.255 e. The molecule has 0 aliphatic carbocycles. The number of nitrogens with one attached hydrogen (secondary N) is 1. The van der Waals surface area contributed by atoms with E-state index >= 15 is 4.39 Å². The second-order valence-corrected chi connectivity index (χ2v) is 17.7. The summed E-state index contributed by atoms with van der Waals surface area (Å²) in [6.07, 6.45) is 5.28. The number of rotatable bonds is 7. The van der Waals surface area contributed by atoms with Gasteiger partial charge in [-0.05, 0) is 110 Å². The highest BCUT2D eigenvalue weighted by atomic mass is 19.1. The van der Waals surface area contributed by atoms with Gasteiger partial charge in [0.1, 0.15) is 29.2 Å². The molecule has 10 rings (SSSR count). The number of halogens is 2. The summed E-state index contributed by atoms with van der Waals surface area (Å²) in [6, 6.07) is 22.8. The van der Waals surface area contributed by atoms with Crippen molar-refractivity contribution >= 4 is 29.1 Å². The van der Waals surface area contributed by atoms with E-state index in [9.17, 15) is 23.9 Å². The predicted molar refractivity (Wildman–Crippen MR) is 219 cm³/mol. The highest BCUT2D eigenvalue weighted by Gasteiger charge is 2.46. The van der Waals surface area contributed by atoms with Crippen LogP contribution < -0.4 is 19.9 Å². The second-order valence-electron chi connectivity index (χ2n) is 17.7. The van der Waals surface area contributed by atoms with E-state index in [2.05, 4.69) is 50.3 Å². The van der Waals surface area contributed by atoms with Crippen LogP contribution in [0.1, 0.15) is 83.0 Å². The number of phenolic OH excluding ortho intramolecular Hbond substituents is 1. The maximum absolute atomic E-state index is 15.1. The van der Waals surface area contributed by atoms with Crippen LogP contribution in [0, 0.1) is 23.0 Å². The lowest BCUT2D eigenvalue weighted by Gasteiger charge is -2.55. The summed E-state index contributed by atoms with van der Waals surface area (Å²) in [7, 11) is 0. The zero-order chi connectivity index (χ0) is 40.4. The van der Waals surface area contributed by atoms with Crippen molar-refractivity contribution in [3.63, 3.8) is 0 Å². The number of imide groups is 1. The summed E-state index contributed by atoms with van der Waals surface area (Å²) in [5.74, 6) is -1.22. The van der Waals surface area contributed by atoms with Gasteiger partial charge in [-0.1, -0.05) is 24.3 Å². The molecule has 1 unspecified atom stereocenters. The first-order valence-corrected chi connectivity index (χ1v) is 21.1. The second kappa shape index (κ2) is 15.0. The number of ether oxygens (including phenoxy) is 1. The van der Waals surface area contributed by atoms with Crippen molar-refractivity contribution in [2.24, 2.45) is 11.3 Å². The van der Waals surface area contributed by atoms with E-state index in [4.69, 9.17) is 4.74 Å². The molecule has 0 bridgehead atoms. The molecule has 4 aromatic rings. The highest BCUT2D eigenvalue weighted by Crippen LogP contribution is 2.48. The molecule has 0 aromatic heterocycles. The molecule has 59 heavy (non-hydrogen) atoms. The van der Waals surface area contributed by atoms with Gasteiger partial charge in [-0.3, -0.25) is 19.7 Å². The third-order valence-electron chi connectivity index (χ3n) is 14.1. The van der Waals surface area contributed by atoms with Crippen LogP contribution in [0.4, 0.5) is 20.2 Å². The average molecular weight is 802 g/mol. The van der Waals surface area contributed by atoms with E-state index in [0.717, 1.165) is 87.1 Å². The number of piperidine rings is 3. The number of hydrogen-bond donors (Lipinski definition) is 2. The maximum atomic E-state index is 15.1. The van der Waals surface area contributed by atoms with E-state index in [0.29, 0.717) is 41.2 Å². The molecule has 4 fully saturated rings. The largest absolute Gasteiger partial charge is 0.508 e. The van der Waals surface area contributed by atoms with Gasteiger partial charge in [0, 0.05) is 97.6 Å². The van der Waals surface area contributed by atoms with Crippen molar-refractivity contribution in [2.45, 2.75) is 62.9 Å². The molecule has 0 radical (unpaired) electrons. The third kappa shape index (κ3) is 7.08. The number of benzene rings is 4. The molecule has 3 atom stereocenters. The van der Waals surface area contributed by atoms with Crippen LogP contribution in [0.5, 0.6) is 11.5 Å². The van der Waals surface area contributed by atoms with Gasteiger partial charge in [-0.15, -0.1) is 0 Å². The lowest BCUT2D eigenvalue weighted by Crippen LogP contribution is -2.60. The van der Waals surface area contributed by atoms with Crippen LogP contribution >= 0.6 is 0 Å². The van der Waals surface area contributed by atoms with Gasteiger partial charge in [-0.25, -0.2) is 8.78 Å². The normalized spacial score (nSPS) is 24.4. The number of nitrogens with zero attached hydrogens (tertiary/aromatic N) is 4. The minimum absolute atomic E-state index is 0.110. The molecule has 4 aromatic carbocycles. The molecule has 4 saturated heterocycles. The number of phenols is 1. The smallest absolute Gasteiger partial charge is 0.255 e. The van der Waals surface area contributed by atoms with Crippen molar-refractivity contribution in [1.82, 2.24) is 15.1 Å². The van der Waals surface area contributed by atoms with Crippen molar-refractivity contribution in [3.8, 4) is 11.5 Å². The standard InChI is InChI=1S/C47H49F2N5O5/c48-32-3-8-37(40(49)22-32)39-26-59-42-23-35(55)7-10-38(42)44(39)30-1-4-33(5-2-30)52-17-13-29(14-18-52)24-51-19-15-47(16-20-51)27-53(28-47)34-6-9-36-31(21-34)25-54(46(36)58)41-11-12-43(56)50-45(41)57/h1-10,21-23,29,39,41,44,55H,11-20,24-28H2,(H,50,56,57)/t39-,41?,44-/m0/s1. The van der Waals surface area contributed by atoms with Crippen molar-refractivity contribution in [3.05, 3.63) is 118 Å². The van der Waals surface area contributed by atoms with Gasteiger partial charge in [0.2, 0.25) is 11.8 Å². The Morgan fingerprint density at radius 2 is 1.54 bits per heavy atom. The Hall–Kier alpha value is -5.49. The van der Waals surface area contributed by atoms with Gasteiger partial charge in [0.15, 0.2) is 0 Å². The quantitative estimate of drug-likeness (QED) is 0.203. The number of anilines is 2. The Morgan fingerprint density at radius 3 is 2.29 bits per heavy atom. The Labute approximate surface area is 342 Å². The fraction of sp³-hybridized carbons (Fsp3) is 0.426. The summed E-state index contributed by atoms with van der Waals surface area (Å²) < 4.78 is 35.0. The van der Waals surface area contributed by atoms with Gasteiger partial charge < -0.3 is 29.4 Å². The molecular formula is C47H49F2N5O5. The van der Waals surface area contributed by atoms with Crippen LogP contribution in [-0.4, -0.2) is 91.1 Å². The first kappa shape index (κ1) is 37.8. The highest BCUT2D eigenvalue weighted by molar-refractivity contribution is 6.05. The van der Waals surface area contributed by atoms with E-state index in [1.165, 1.54) is 30.7 Å². The lowest BCUT2D eigenvalue weighted by atomic mass is 9.71. The number of carbonyl (C=O) groups excluding carboxylic acids is 3. The zero-order valence-corrected chi connectivity index (χ0v) is 33.0. The molecule has 6 aliphatic rings. The van der Waals surface area contributed by atoms with Crippen LogP contribution in [0.2, 0.25) is 0 Å². The number of amides is 3. The van der Waals surface area contributed by atoms with Crippen molar-refractivity contribution in [2.75, 3.05) is 62.2 Å². The first-order chi connectivity index (χ1) is 28.6. The van der Waals surface area contributed by atoms with Gasteiger partial charge in [0.25, 0.3) is 5.91 Å². The lowest BCUT2D eigenvalue weighted by molar-refractivity contribution is -0.136. The van der Waals surface area contributed by atoms with Crippen LogP contribution in [-0.2, 0) is 16.1 Å². The van der Waals surface area contributed by atoms with Gasteiger partial charge >= 0.3 is 0 Å². The molecule has 306 valence electrons. The zero-order valence-electron chi connectivity index (χ0n) is 33.0. The summed E-state index contributed by atoms with van der Waals surface area (Å²) in [5, 5.41) is 12.5. The van der Waals surface area contributed by atoms with Crippen LogP contribution in [0.3, 0.4) is 0 Å². The molecule has 6 heterocycles. The fourth-order valence-electron chi connectivity index (χ4n) is 10.7. The first-order valence-electron chi connectivity index (χ1n) is 21.1. The number of likely N-dealkylation sites (tertiary alicyclic amines) is 1. The summed E-state index contributed by atoms with van der Waals surface area (Å²) in [6.45, 7) is 8.02. The van der Waals surface area contributed by atoms with Crippen LogP contribution in [0.25, 0.3) is 0 Å². The molecule has 0 saturated carbocycles. The minimum Gasteiger partial charge on any atom is -0.508 e. The number of carbonyl (C=O) groups is 3. The molecule has 3 amide bonds. The monoisotopic (exact) mass is 801 g/mol. The SMILES string of the molecule is O=C1CCC(N2Cc3cc(N4CC5(CCN(CC6CCN(c7ccc([C@H]8c9ccc(O)cc9OC[C@H]8c8ccc(F)cc8F)cc7)CC6)CC5)C4)ccc3C2=O)C(=O)N1. The molecule has 1 spiro atoms. The summed E-state index contributed by atoms with van der Waals surface area (Å²) in [4.78, 5) is 46.4. The average Bonchev–Trinajstić information content (AvgIpc) is 3.55. The molecule has 6 aliphatic heterocycles. The molecule has 10 nitrogen and oxygen atoms in total. The van der Waals surface area contributed by atoms with E-state index in [1.54, 1.807) is 17.0 Å². The summed E-state index contributed by atoms with van der Waals surface area (Å²) in [5.41, 5.74) is 6.55. The molecule has 2 N–H and O–H groups in total. The van der Waals surface area contributed by atoms with Gasteiger partial charge in [-0.2, -0.15) is 0 Å². The molecular weight excluding hydrogens is 753 g/mol. The van der Waals surface area contributed by atoms with E-state index in [1.807, 2.05) is 18.2 Å². The number of fused-ring (bicyclic) bond motifs is 2. The Morgan fingerprint density at radius 1 is 0.797 bits per heavy atom. The Balaban J connectivity index is 0.713. The third-order valence-corrected chi connectivity index (χ3v) is 14.1. The van der Waals surface area contributed by atoms with E-state index < -0.39 is 17.7 Å². The minimum atomic E-state index is -0.610. The van der Waals surface area contributed by atoms with E-state index in [-0.39, 0.29) is 48.3 Å². The van der Waals surface area contributed by atoms with Crippen molar-refractivity contribution in [1.29, 1.82) is 0 Å². The van der Waals surface area contributed by atoms with Crippen LogP contribution in [0.15, 0.2) is 78.9 Å². The number of hydrogen-bond acceptors (Lipinski definition) is 8.